The monoisotopic (exact) mass is 742 g/mol. The van der Waals surface area contributed by atoms with Crippen LogP contribution in [0.25, 0.3) is 55.0 Å². The van der Waals surface area contributed by atoms with Crippen molar-refractivity contribution in [3.05, 3.63) is 194 Å². The molecule has 0 atom stereocenters. The van der Waals surface area contributed by atoms with Crippen LogP contribution in [0.1, 0.15) is 0 Å². The SMILES string of the molecule is c1cc[c]([Ge]2([c]3ccccc3)[c]3ccc(-n4c5ccccc5c5ccccc54)cc3Sc3cc(-n4c5ccccc5c5ccccc54)cc[c]32)cc1. The van der Waals surface area contributed by atoms with Gasteiger partial charge in [0.05, 0.1) is 0 Å². The molecule has 0 saturated heterocycles. The minimum absolute atomic E-state index is 1.20. The van der Waals surface area contributed by atoms with Gasteiger partial charge in [0.15, 0.2) is 0 Å². The Balaban J connectivity index is 1.21. The first kappa shape index (κ1) is 29.9. The second-order valence-electron chi connectivity index (χ2n) is 13.7. The van der Waals surface area contributed by atoms with Crippen LogP contribution in [0.2, 0.25) is 0 Å². The molecule has 10 aromatic rings. The number of fused-ring (bicyclic) bond motifs is 8. The van der Waals surface area contributed by atoms with Crippen molar-refractivity contribution >= 4 is 86.2 Å². The molecule has 3 heterocycles. The zero-order valence-electron chi connectivity index (χ0n) is 28.3. The Kier molecular flexibility index (Phi) is 6.70. The second-order valence-corrected chi connectivity index (χ2v) is 22.6. The molecule has 244 valence electrons. The van der Waals surface area contributed by atoms with E-state index in [0.29, 0.717) is 0 Å². The summed E-state index contributed by atoms with van der Waals surface area (Å²) in [6.45, 7) is 0. The Bertz CT molecular complexity index is 2680. The quantitative estimate of drug-likeness (QED) is 0.164. The molecule has 52 heavy (non-hydrogen) atoms. The van der Waals surface area contributed by atoms with E-state index in [9.17, 15) is 0 Å². The number of nitrogens with zero attached hydrogens (tertiary/aromatic N) is 2. The van der Waals surface area contributed by atoms with Crippen LogP contribution in [-0.2, 0) is 0 Å². The van der Waals surface area contributed by atoms with E-state index in [-0.39, 0.29) is 0 Å². The third kappa shape index (κ3) is 4.21. The number of hydrogen-bond acceptors (Lipinski definition) is 1. The Morgan fingerprint density at radius 3 is 1.02 bits per heavy atom. The van der Waals surface area contributed by atoms with Gasteiger partial charge in [-0.25, -0.2) is 0 Å². The fraction of sp³-hybridized carbons (Fsp3) is 0. The molecule has 0 bridgehead atoms. The van der Waals surface area contributed by atoms with Crippen LogP contribution in [-0.4, -0.2) is 22.4 Å². The topological polar surface area (TPSA) is 9.86 Å². The van der Waals surface area contributed by atoms with Crippen LogP contribution in [0.15, 0.2) is 204 Å². The molecule has 2 nitrogen and oxygen atoms in total. The molecule has 0 unspecified atom stereocenters. The van der Waals surface area contributed by atoms with Crippen LogP contribution >= 0.6 is 11.8 Å². The van der Waals surface area contributed by atoms with Gasteiger partial charge in [-0.3, -0.25) is 0 Å². The standard InChI is InChI=1S/C48H32GeN2S/c1-3-15-33(16-4-1)49(34-17-5-2-6-18-34)41-29-27-35(50-43-23-11-7-19-37(43)38-20-8-12-24-44(38)50)31-47(41)52-48-32-36(28-30-42(48)49)51-45-25-13-9-21-39(45)40-22-10-14-26-46(40)51/h1-32H. The minimum atomic E-state index is -3.53. The molecule has 0 spiro atoms. The van der Waals surface area contributed by atoms with Crippen molar-refractivity contribution in [1.29, 1.82) is 0 Å². The van der Waals surface area contributed by atoms with Crippen molar-refractivity contribution in [1.82, 2.24) is 9.13 Å². The molecular weight excluding hydrogens is 709 g/mol. The summed E-state index contributed by atoms with van der Waals surface area (Å²) in [6, 6.07) is 72.6. The number of aromatic nitrogens is 2. The summed E-state index contributed by atoms with van der Waals surface area (Å²) in [7, 11) is 0. The van der Waals surface area contributed by atoms with E-state index in [0.717, 1.165) is 0 Å². The average molecular weight is 741 g/mol. The van der Waals surface area contributed by atoms with Crippen molar-refractivity contribution < 1.29 is 0 Å². The Labute approximate surface area is 309 Å². The summed E-state index contributed by atoms with van der Waals surface area (Å²) >= 11 is -1.59. The molecule has 2 aromatic heterocycles. The van der Waals surface area contributed by atoms with Crippen molar-refractivity contribution in [2.45, 2.75) is 9.79 Å². The molecule has 0 N–H and O–H groups in total. The molecule has 0 aliphatic carbocycles. The molecule has 1 aliphatic rings. The van der Waals surface area contributed by atoms with Gasteiger partial charge >= 0.3 is 311 Å². The van der Waals surface area contributed by atoms with Crippen LogP contribution in [0.5, 0.6) is 0 Å². The molecule has 8 aromatic carbocycles. The van der Waals surface area contributed by atoms with E-state index in [2.05, 4.69) is 203 Å². The molecular formula is C48H32GeN2S. The van der Waals surface area contributed by atoms with Gasteiger partial charge in [-0.05, 0) is 0 Å². The van der Waals surface area contributed by atoms with Crippen molar-refractivity contribution in [3.8, 4) is 11.4 Å². The van der Waals surface area contributed by atoms with Gasteiger partial charge < -0.3 is 0 Å². The van der Waals surface area contributed by atoms with Gasteiger partial charge in [0.1, 0.15) is 0 Å². The fourth-order valence-corrected chi connectivity index (χ4v) is 22.2. The van der Waals surface area contributed by atoms with E-state index in [4.69, 9.17) is 0 Å². The van der Waals surface area contributed by atoms with Crippen LogP contribution < -0.4 is 17.6 Å². The zero-order valence-corrected chi connectivity index (χ0v) is 31.2. The third-order valence-corrected chi connectivity index (χ3v) is 23.2. The van der Waals surface area contributed by atoms with E-state index in [1.165, 1.54) is 82.4 Å². The number of hydrogen-bond donors (Lipinski definition) is 0. The molecule has 0 amide bonds. The summed E-state index contributed by atoms with van der Waals surface area (Å²) in [5.74, 6) is 0. The zero-order chi connectivity index (χ0) is 34.2. The predicted molar refractivity (Wildman–Crippen MR) is 223 cm³/mol. The van der Waals surface area contributed by atoms with Gasteiger partial charge in [-0.15, -0.1) is 0 Å². The van der Waals surface area contributed by atoms with E-state index in [1.807, 2.05) is 11.8 Å². The summed E-state index contributed by atoms with van der Waals surface area (Å²) in [5.41, 5.74) is 7.33. The van der Waals surface area contributed by atoms with Crippen molar-refractivity contribution in [2.75, 3.05) is 0 Å². The first-order valence-corrected chi connectivity index (χ1v) is 22.9. The Hall–Kier alpha value is -5.75. The van der Waals surface area contributed by atoms with Crippen molar-refractivity contribution in [3.63, 3.8) is 0 Å². The molecule has 4 heteroatoms. The first-order valence-electron chi connectivity index (χ1n) is 17.9. The van der Waals surface area contributed by atoms with Gasteiger partial charge in [-0.1, -0.05) is 0 Å². The summed E-state index contributed by atoms with van der Waals surface area (Å²) < 4.78 is 10.8. The molecule has 1 aliphatic heterocycles. The number of benzene rings is 8. The second kappa shape index (κ2) is 11.6. The molecule has 0 fully saturated rings. The Morgan fingerprint density at radius 1 is 0.327 bits per heavy atom. The number of rotatable bonds is 4. The molecule has 0 radical (unpaired) electrons. The van der Waals surface area contributed by atoms with E-state index in [1.54, 1.807) is 0 Å². The molecule has 11 rings (SSSR count). The summed E-state index contributed by atoms with van der Waals surface area (Å²) in [6.07, 6.45) is 0. The van der Waals surface area contributed by atoms with Crippen LogP contribution in [0, 0.1) is 0 Å². The van der Waals surface area contributed by atoms with Gasteiger partial charge in [-0.2, -0.15) is 0 Å². The third-order valence-electron chi connectivity index (χ3n) is 11.0. The van der Waals surface area contributed by atoms with Crippen molar-refractivity contribution in [2.24, 2.45) is 0 Å². The number of para-hydroxylation sites is 4. The Morgan fingerprint density at radius 2 is 0.654 bits per heavy atom. The van der Waals surface area contributed by atoms with E-state index >= 15 is 0 Å². The van der Waals surface area contributed by atoms with Crippen LogP contribution in [0.4, 0.5) is 0 Å². The van der Waals surface area contributed by atoms with Gasteiger partial charge in [0.2, 0.25) is 0 Å². The molecule has 0 saturated carbocycles. The van der Waals surface area contributed by atoms with Gasteiger partial charge in [0, 0.05) is 0 Å². The van der Waals surface area contributed by atoms with Gasteiger partial charge in [0.25, 0.3) is 0 Å². The fourth-order valence-electron chi connectivity index (χ4n) is 8.92. The maximum atomic E-state index is 2.48. The predicted octanol–water partition coefficient (Wildman–Crippen LogP) is 9.72. The first-order chi connectivity index (χ1) is 25.8. The summed E-state index contributed by atoms with van der Waals surface area (Å²) in [4.78, 5) is 2.69. The average Bonchev–Trinajstić information content (AvgIpc) is 3.73. The summed E-state index contributed by atoms with van der Waals surface area (Å²) in [5, 5.41) is 5.13. The van der Waals surface area contributed by atoms with Crippen LogP contribution in [0.3, 0.4) is 0 Å². The maximum absolute atomic E-state index is 3.53. The normalized spacial score (nSPS) is 13.5. The van der Waals surface area contributed by atoms with E-state index < -0.39 is 13.3 Å².